The van der Waals surface area contributed by atoms with Crippen LogP contribution in [0, 0.1) is 16.7 Å². The summed E-state index contributed by atoms with van der Waals surface area (Å²) in [6.45, 7) is -2.27. The molecule has 3 rings (SSSR count). The van der Waals surface area contributed by atoms with Crippen molar-refractivity contribution in [2.45, 2.75) is 24.9 Å². The summed E-state index contributed by atoms with van der Waals surface area (Å²) in [7, 11) is 0. The van der Waals surface area contributed by atoms with E-state index in [9.17, 15) is 42.1 Å². The minimum absolute atomic E-state index is 0.0215. The Morgan fingerprint density at radius 1 is 1.19 bits per heavy atom. The van der Waals surface area contributed by atoms with E-state index in [1.807, 2.05) is 0 Å². The van der Waals surface area contributed by atoms with Gasteiger partial charge >= 0.3 is 12.1 Å². The number of aliphatic hydroxyl groups is 1. The van der Waals surface area contributed by atoms with Gasteiger partial charge in [0.15, 0.2) is 17.8 Å². The Hall–Kier alpha value is -5.38. The number of azo groups is 1. The standard InChI is InChI=1S/C23H21F5N10O4/c24-22(25,23(26,27)28)17(31)10-35-34-9-12-8-14(38(37-12)19-15(39)2-1-4-32-19)21(42)36-18-13(20(41)33-5-3-29)6-11(30)7-16(18)40/h1-2,4,6-8,21,31,36,39-40,42H,5,9-10,30H2,(H,33,41). The van der Waals surface area contributed by atoms with E-state index in [2.05, 4.69) is 30.9 Å². The van der Waals surface area contributed by atoms with Crippen LogP contribution in [0.25, 0.3) is 5.82 Å². The second kappa shape index (κ2) is 12.4. The van der Waals surface area contributed by atoms with Crippen molar-refractivity contribution in [3.05, 3.63) is 53.5 Å². The van der Waals surface area contributed by atoms with Crippen LogP contribution in [0.3, 0.4) is 0 Å². The van der Waals surface area contributed by atoms with E-state index in [0.29, 0.717) is 0 Å². The van der Waals surface area contributed by atoms with E-state index >= 15 is 0 Å². The van der Waals surface area contributed by atoms with E-state index in [-0.39, 0.29) is 40.7 Å². The number of carbonyl (C=O) groups is 1. The molecular formula is C23H21F5N10O4. The largest absolute Gasteiger partial charge is 0.506 e. The fourth-order valence-corrected chi connectivity index (χ4v) is 3.36. The molecule has 0 aliphatic heterocycles. The fourth-order valence-electron chi connectivity index (χ4n) is 3.36. The molecule has 0 radical (unpaired) electrons. The third-order valence-corrected chi connectivity index (χ3v) is 5.32. The van der Waals surface area contributed by atoms with Crippen molar-refractivity contribution in [1.82, 2.24) is 20.1 Å². The normalized spacial score (nSPS) is 12.6. The number of aromatic hydroxyl groups is 2. The molecule has 42 heavy (non-hydrogen) atoms. The van der Waals surface area contributed by atoms with Gasteiger partial charge in [0.05, 0.1) is 28.7 Å². The molecule has 0 saturated heterocycles. The highest BCUT2D eigenvalue weighted by Crippen LogP contribution is 2.36. The van der Waals surface area contributed by atoms with Crippen molar-refractivity contribution in [2.75, 3.05) is 24.1 Å². The lowest BCUT2D eigenvalue weighted by atomic mass is 10.1. The van der Waals surface area contributed by atoms with Crippen molar-refractivity contribution < 1.29 is 42.1 Å². The Labute approximate surface area is 232 Å². The number of amides is 1. The number of aromatic nitrogens is 3. The molecule has 1 atom stereocenters. The summed E-state index contributed by atoms with van der Waals surface area (Å²) in [5.74, 6) is -7.40. The zero-order valence-electron chi connectivity index (χ0n) is 21.1. The van der Waals surface area contributed by atoms with Gasteiger partial charge in [0.1, 0.15) is 31.1 Å². The Morgan fingerprint density at radius 3 is 2.55 bits per heavy atom. The van der Waals surface area contributed by atoms with Crippen LogP contribution >= 0.6 is 0 Å². The molecule has 222 valence electrons. The first kappa shape index (κ1) is 31.2. The molecule has 0 saturated carbocycles. The van der Waals surface area contributed by atoms with Crippen molar-refractivity contribution in [3.63, 3.8) is 0 Å². The van der Waals surface area contributed by atoms with Crippen molar-refractivity contribution >= 4 is 23.0 Å². The van der Waals surface area contributed by atoms with E-state index < -0.39 is 54.5 Å². The number of nitrogen functional groups attached to an aromatic ring is 1. The number of nitrogens with one attached hydrogen (secondary N) is 3. The Balaban J connectivity index is 1.93. The summed E-state index contributed by atoms with van der Waals surface area (Å²) in [6, 6.07) is 7.73. The Kier molecular flexibility index (Phi) is 9.21. The minimum Gasteiger partial charge on any atom is -0.506 e. The number of rotatable bonds is 11. The van der Waals surface area contributed by atoms with Gasteiger partial charge in [-0.3, -0.25) is 4.79 Å². The highest BCUT2D eigenvalue weighted by atomic mass is 19.4. The number of hydrogen-bond donors (Lipinski definition) is 7. The number of benzene rings is 1. The molecule has 8 N–H and O–H groups in total. The molecule has 0 aliphatic rings. The molecule has 1 aromatic carbocycles. The van der Waals surface area contributed by atoms with Crippen LogP contribution in [-0.4, -0.2) is 66.9 Å². The summed E-state index contributed by atoms with van der Waals surface area (Å²) < 4.78 is 64.6. The highest BCUT2D eigenvalue weighted by Gasteiger charge is 2.60. The van der Waals surface area contributed by atoms with E-state index in [0.717, 1.165) is 16.8 Å². The van der Waals surface area contributed by atoms with Crippen LogP contribution in [0.15, 0.2) is 46.8 Å². The molecule has 3 aromatic rings. The zero-order valence-corrected chi connectivity index (χ0v) is 21.1. The quantitative estimate of drug-likeness (QED) is 0.0328. The van der Waals surface area contributed by atoms with E-state index in [1.54, 1.807) is 6.07 Å². The van der Waals surface area contributed by atoms with E-state index in [1.165, 1.54) is 24.4 Å². The topological polar surface area (TPSA) is 231 Å². The highest BCUT2D eigenvalue weighted by molar-refractivity contribution is 6.02. The number of aliphatic hydroxyl groups excluding tert-OH is 1. The summed E-state index contributed by atoms with van der Waals surface area (Å²) in [5, 5.41) is 63.0. The first-order valence-corrected chi connectivity index (χ1v) is 11.5. The fraction of sp³-hybridized carbons (Fsp3) is 0.261. The smallest absolute Gasteiger partial charge is 0.459 e. The molecule has 1 amide bonds. The van der Waals surface area contributed by atoms with Crippen molar-refractivity contribution in [1.29, 1.82) is 10.7 Å². The second-order valence-corrected chi connectivity index (χ2v) is 8.32. The second-order valence-electron chi connectivity index (χ2n) is 8.32. The van der Waals surface area contributed by atoms with Gasteiger partial charge in [-0.15, -0.1) is 0 Å². The maximum absolute atomic E-state index is 13.2. The van der Waals surface area contributed by atoms with E-state index in [4.69, 9.17) is 16.4 Å². The Bertz CT molecular complexity index is 1550. The monoisotopic (exact) mass is 596 g/mol. The number of halogens is 5. The van der Waals surface area contributed by atoms with Gasteiger partial charge in [-0.25, -0.2) is 9.67 Å². The van der Waals surface area contributed by atoms with Crippen molar-refractivity contribution in [3.8, 4) is 23.4 Å². The molecule has 1 unspecified atom stereocenters. The van der Waals surface area contributed by atoms with Crippen molar-refractivity contribution in [2.24, 2.45) is 10.2 Å². The lowest BCUT2D eigenvalue weighted by Crippen LogP contribution is -2.44. The van der Waals surface area contributed by atoms with Gasteiger partial charge in [-0.2, -0.15) is 42.5 Å². The van der Waals surface area contributed by atoms with Gasteiger partial charge in [0.25, 0.3) is 5.91 Å². The third-order valence-electron chi connectivity index (χ3n) is 5.32. The number of nitrogens with zero attached hydrogens (tertiary/aromatic N) is 6. The van der Waals surface area contributed by atoms with Gasteiger partial charge in [-0.1, -0.05) is 0 Å². The predicted octanol–water partition coefficient (Wildman–Crippen LogP) is 2.79. The zero-order chi connectivity index (χ0) is 31.2. The number of carbonyl (C=O) groups excluding carboxylic acids is 1. The van der Waals surface area contributed by atoms with Gasteiger partial charge in [0.2, 0.25) is 0 Å². The van der Waals surface area contributed by atoms with Crippen LogP contribution in [0.2, 0.25) is 0 Å². The first-order chi connectivity index (χ1) is 19.7. The minimum atomic E-state index is -5.98. The number of nitriles is 1. The summed E-state index contributed by atoms with van der Waals surface area (Å²) in [4.78, 5) is 16.5. The molecule has 0 aliphatic carbocycles. The number of phenols is 1. The molecule has 0 spiro atoms. The number of phenolic OH excluding ortho intramolecular Hbond substituents is 1. The number of nitrogens with two attached hydrogens (primary N) is 1. The van der Waals surface area contributed by atoms with Gasteiger partial charge < -0.3 is 37.1 Å². The average Bonchev–Trinajstić information content (AvgIpc) is 3.34. The van der Waals surface area contributed by atoms with Crippen LogP contribution in [0.4, 0.5) is 33.3 Å². The average molecular weight is 596 g/mol. The molecule has 0 fully saturated rings. The molecule has 14 nitrogen and oxygen atoms in total. The lowest BCUT2D eigenvalue weighted by molar-refractivity contribution is -0.249. The van der Waals surface area contributed by atoms with Gasteiger partial charge in [-0.05, 0) is 24.3 Å². The molecule has 19 heteroatoms. The molecule has 0 bridgehead atoms. The van der Waals surface area contributed by atoms with Crippen LogP contribution < -0.4 is 16.4 Å². The number of hydrogen-bond acceptors (Lipinski definition) is 12. The summed E-state index contributed by atoms with van der Waals surface area (Å²) in [5.41, 5.74) is 2.87. The van der Waals surface area contributed by atoms with Gasteiger partial charge in [0, 0.05) is 18.0 Å². The van der Waals surface area contributed by atoms with Crippen LogP contribution in [-0.2, 0) is 6.54 Å². The predicted molar refractivity (Wildman–Crippen MR) is 134 cm³/mol. The Morgan fingerprint density at radius 2 is 1.90 bits per heavy atom. The number of pyridine rings is 1. The lowest BCUT2D eigenvalue weighted by Gasteiger charge is -2.19. The number of anilines is 2. The molecular weight excluding hydrogens is 575 g/mol. The maximum atomic E-state index is 13.2. The first-order valence-electron chi connectivity index (χ1n) is 11.5. The SMILES string of the molecule is N#CCNC(=O)c1cc(N)cc(O)c1NC(O)c1cc(CN=NCC(=N)C(F)(F)C(F)(F)F)nn1-c1ncccc1O. The third kappa shape index (κ3) is 6.84. The van der Waals surface area contributed by atoms with Crippen LogP contribution in [0.5, 0.6) is 11.5 Å². The number of alkyl halides is 5. The maximum Gasteiger partial charge on any atom is 0.459 e. The summed E-state index contributed by atoms with van der Waals surface area (Å²) >= 11 is 0. The summed E-state index contributed by atoms with van der Waals surface area (Å²) in [6.07, 6.45) is -6.51. The molecule has 2 heterocycles. The molecule has 2 aromatic heterocycles. The van der Waals surface area contributed by atoms with Crippen LogP contribution in [0.1, 0.15) is 28.0 Å².